The van der Waals surface area contributed by atoms with Crippen LogP contribution >= 0.6 is 11.8 Å². The van der Waals surface area contributed by atoms with E-state index in [9.17, 15) is 4.79 Å². The van der Waals surface area contributed by atoms with Gasteiger partial charge in [0.25, 0.3) is 0 Å². The van der Waals surface area contributed by atoms with Crippen LogP contribution in [0.3, 0.4) is 0 Å². The molecule has 1 aromatic heterocycles. The summed E-state index contributed by atoms with van der Waals surface area (Å²) in [6.45, 7) is 1.90. The Labute approximate surface area is 174 Å². The van der Waals surface area contributed by atoms with Gasteiger partial charge in [-0.25, -0.2) is 0 Å². The fourth-order valence-electron chi connectivity index (χ4n) is 3.70. The topological polar surface area (TPSA) is 69.0 Å². The summed E-state index contributed by atoms with van der Waals surface area (Å²) in [5.74, 6) is 0.733. The molecule has 0 spiro atoms. The van der Waals surface area contributed by atoms with Crippen LogP contribution in [0.1, 0.15) is 36.9 Å². The lowest BCUT2D eigenvalue weighted by molar-refractivity contribution is -0.121. The second kappa shape index (κ2) is 8.69. The highest BCUT2D eigenvalue weighted by Crippen LogP contribution is 2.31. The van der Waals surface area contributed by atoms with Crippen molar-refractivity contribution in [3.8, 4) is 11.4 Å². The lowest BCUT2D eigenvalue weighted by atomic mass is 9.88. The van der Waals surface area contributed by atoms with Crippen molar-refractivity contribution in [1.29, 1.82) is 0 Å². The summed E-state index contributed by atoms with van der Waals surface area (Å²) in [5.41, 5.74) is 3.41. The smallest absolute Gasteiger partial charge is 0.233 e. The zero-order chi connectivity index (χ0) is 20.2. The number of aromatic nitrogens is 3. The van der Waals surface area contributed by atoms with Gasteiger partial charge >= 0.3 is 0 Å². The lowest BCUT2D eigenvalue weighted by Crippen LogP contribution is -2.36. The van der Waals surface area contributed by atoms with Gasteiger partial charge in [-0.2, -0.15) is 0 Å². The van der Waals surface area contributed by atoms with E-state index >= 15 is 0 Å². The monoisotopic (exact) mass is 408 g/mol. The van der Waals surface area contributed by atoms with Crippen LogP contribution in [0.4, 0.5) is 0 Å². The molecule has 4 rings (SSSR count). The zero-order valence-electron chi connectivity index (χ0n) is 16.5. The van der Waals surface area contributed by atoms with E-state index in [1.807, 2.05) is 41.8 Å². The van der Waals surface area contributed by atoms with Gasteiger partial charge in [0, 0.05) is 0 Å². The molecule has 0 aliphatic heterocycles. The molecule has 2 aromatic carbocycles. The summed E-state index contributed by atoms with van der Waals surface area (Å²) in [5, 5.41) is 11.8. The standard InChI is InChI=1S/C22H24N4O2S/c1-15(21(27)24-18-11-7-9-16-8-3-4-10-17(16)18)29-22-25-23-14-26(22)19-12-5-6-13-20(19)28-2/h3-6,8,10,12-15,18H,7,9,11H2,1-2H3,(H,24,27)/t15-,18-/m0/s1. The highest BCUT2D eigenvalue weighted by molar-refractivity contribution is 8.00. The van der Waals surface area contributed by atoms with Gasteiger partial charge in [-0.1, -0.05) is 48.2 Å². The molecule has 1 amide bonds. The molecule has 29 heavy (non-hydrogen) atoms. The Morgan fingerprint density at radius 3 is 2.90 bits per heavy atom. The number of methoxy groups -OCH3 is 1. The van der Waals surface area contributed by atoms with Crippen LogP contribution in [0.5, 0.6) is 5.75 Å². The van der Waals surface area contributed by atoms with E-state index in [0.29, 0.717) is 5.16 Å². The SMILES string of the molecule is COc1ccccc1-n1cnnc1S[C@@H](C)C(=O)N[C@H]1CCCc2ccccc21. The largest absolute Gasteiger partial charge is 0.495 e. The molecule has 6 nitrogen and oxygen atoms in total. The van der Waals surface area contributed by atoms with Crippen LogP contribution in [-0.2, 0) is 11.2 Å². The highest BCUT2D eigenvalue weighted by atomic mass is 32.2. The van der Waals surface area contributed by atoms with E-state index in [-0.39, 0.29) is 17.2 Å². The van der Waals surface area contributed by atoms with Gasteiger partial charge in [-0.3, -0.25) is 9.36 Å². The number of nitrogens with one attached hydrogen (secondary N) is 1. The zero-order valence-corrected chi connectivity index (χ0v) is 17.4. The van der Waals surface area contributed by atoms with Crippen molar-refractivity contribution in [3.63, 3.8) is 0 Å². The Morgan fingerprint density at radius 1 is 1.24 bits per heavy atom. The van der Waals surface area contributed by atoms with Crippen molar-refractivity contribution in [3.05, 3.63) is 66.0 Å². The number of thioether (sulfide) groups is 1. The Kier molecular flexibility index (Phi) is 5.85. The minimum absolute atomic E-state index is 0.00581. The third-order valence-corrected chi connectivity index (χ3v) is 6.26. The minimum Gasteiger partial charge on any atom is -0.495 e. The number of aryl methyl sites for hydroxylation is 1. The van der Waals surface area contributed by atoms with Gasteiger partial charge in [0.2, 0.25) is 5.91 Å². The molecule has 1 aliphatic rings. The second-order valence-electron chi connectivity index (χ2n) is 7.07. The first kappa shape index (κ1) is 19.5. The number of nitrogens with zero attached hydrogens (tertiary/aromatic N) is 3. The molecular formula is C22H24N4O2S. The Balaban J connectivity index is 1.48. The summed E-state index contributed by atoms with van der Waals surface area (Å²) in [4.78, 5) is 12.9. The molecule has 150 valence electrons. The normalized spacial score (nSPS) is 16.7. The van der Waals surface area contributed by atoms with Crippen LogP contribution in [0, 0.1) is 0 Å². The maximum Gasteiger partial charge on any atom is 0.233 e. The maximum absolute atomic E-state index is 12.9. The van der Waals surface area contributed by atoms with Gasteiger partial charge < -0.3 is 10.1 Å². The number of hydrogen-bond donors (Lipinski definition) is 1. The van der Waals surface area contributed by atoms with Gasteiger partial charge in [-0.15, -0.1) is 10.2 Å². The van der Waals surface area contributed by atoms with Gasteiger partial charge in [0.15, 0.2) is 5.16 Å². The van der Waals surface area contributed by atoms with E-state index in [0.717, 1.165) is 30.7 Å². The maximum atomic E-state index is 12.9. The number of benzene rings is 2. The Bertz CT molecular complexity index is 1000. The number of rotatable bonds is 6. The highest BCUT2D eigenvalue weighted by Gasteiger charge is 2.25. The molecule has 0 saturated heterocycles. The second-order valence-corrected chi connectivity index (χ2v) is 8.38. The van der Waals surface area contributed by atoms with Gasteiger partial charge in [0.1, 0.15) is 12.1 Å². The number of carbonyl (C=O) groups excluding carboxylic acids is 1. The third kappa shape index (κ3) is 4.15. The van der Waals surface area contributed by atoms with Crippen molar-refractivity contribution >= 4 is 17.7 Å². The summed E-state index contributed by atoms with van der Waals surface area (Å²) in [6, 6.07) is 16.1. The van der Waals surface area contributed by atoms with E-state index in [1.54, 1.807) is 13.4 Å². The van der Waals surface area contributed by atoms with E-state index in [2.05, 4.69) is 33.7 Å². The van der Waals surface area contributed by atoms with Gasteiger partial charge in [0.05, 0.1) is 24.1 Å². The number of amides is 1. The molecule has 7 heteroatoms. The first-order valence-corrected chi connectivity index (χ1v) is 10.6. The molecule has 0 bridgehead atoms. The number of fused-ring (bicyclic) bond motifs is 1. The molecule has 0 radical (unpaired) electrons. The Hall–Kier alpha value is -2.80. The Morgan fingerprint density at radius 2 is 2.03 bits per heavy atom. The molecule has 2 atom stereocenters. The number of ether oxygens (including phenoxy) is 1. The van der Waals surface area contributed by atoms with Crippen molar-refractivity contribution in [2.24, 2.45) is 0 Å². The summed E-state index contributed by atoms with van der Waals surface area (Å²) < 4.78 is 7.30. The number of para-hydroxylation sites is 2. The molecule has 0 fully saturated rings. The summed E-state index contributed by atoms with van der Waals surface area (Å²) in [7, 11) is 1.63. The quantitative estimate of drug-likeness (QED) is 0.626. The fourth-order valence-corrected chi connectivity index (χ4v) is 4.55. The molecular weight excluding hydrogens is 384 g/mol. The average molecular weight is 409 g/mol. The van der Waals surface area contributed by atoms with Crippen LogP contribution < -0.4 is 10.1 Å². The van der Waals surface area contributed by atoms with Crippen molar-refractivity contribution < 1.29 is 9.53 Å². The van der Waals surface area contributed by atoms with Crippen molar-refractivity contribution in [2.75, 3.05) is 7.11 Å². The van der Waals surface area contributed by atoms with E-state index < -0.39 is 0 Å². The first-order chi connectivity index (χ1) is 14.2. The van der Waals surface area contributed by atoms with E-state index in [1.165, 1.54) is 22.9 Å². The predicted molar refractivity (Wildman–Crippen MR) is 113 cm³/mol. The van der Waals surface area contributed by atoms with E-state index in [4.69, 9.17) is 4.74 Å². The van der Waals surface area contributed by atoms with Crippen LogP contribution in [0.2, 0.25) is 0 Å². The molecule has 1 N–H and O–H groups in total. The number of carbonyl (C=O) groups is 1. The summed E-state index contributed by atoms with van der Waals surface area (Å²) in [6.07, 6.45) is 4.78. The van der Waals surface area contributed by atoms with Gasteiger partial charge in [-0.05, 0) is 49.4 Å². The third-order valence-electron chi connectivity index (χ3n) is 5.20. The minimum atomic E-state index is -0.304. The first-order valence-electron chi connectivity index (χ1n) is 9.75. The van der Waals surface area contributed by atoms with Crippen LogP contribution in [-0.4, -0.2) is 33.0 Å². The lowest BCUT2D eigenvalue weighted by Gasteiger charge is -2.27. The number of hydrogen-bond acceptors (Lipinski definition) is 5. The molecule has 0 saturated carbocycles. The molecule has 0 unspecified atom stereocenters. The van der Waals surface area contributed by atoms with Crippen LogP contribution in [0.15, 0.2) is 60.0 Å². The molecule has 1 aliphatic carbocycles. The predicted octanol–water partition coefficient (Wildman–Crippen LogP) is 3.95. The van der Waals surface area contributed by atoms with Crippen molar-refractivity contribution in [1.82, 2.24) is 20.1 Å². The molecule has 1 heterocycles. The fraction of sp³-hybridized carbons (Fsp3) is 0.318. The van der Waals surface area contributed by atoms with Crippen LogP contribution in [0.25, 0.3) is 5.69 Å². The summed E-state index contributed by atoms with van der Waals surface area (Å²) >= 11 is 1.39. The average Bonchev–Trinajstić information content (AvgIpc) is 3.21. The van der Waals surface area contributed by atoms with Crippen molar-refractivity contribution in [2.45, 2.75) is 42.6 Å². The molecule has 3 aromatic rings.